The highest BCUT2D eigenvalue weighted by atomic mass is 79.9. The molecular weight excluding hydrogens is 344 g/mol. The first-order valence-electron chi connectivity index (χ1n) is 6.86. The van der Waals surface area contributed by atoms with Crippen LogP contribution in [-0.4, -0.2) is 29.1 Å². The Hall–Kier alpha value is -1.01. The van der Waals surface area contributed by atoms with Crippen LogP contribution in [0.5, 0.6) is 0 Å². The number of carboxylic acids is 1. The lowest BCUT2D eigenvalue weighted by atomic mass is 9.76. The number of hydrogen-bond acceptors (Lipinski definition) is 2. The number of aliphatic carboxylic acids is 1. The quantitative estimate of drug-likeness (QED) is 0.832. The van der Waals surface area contributed by atoms with E-state index in [-0.39, 0.29) is 22.5 Å². The van der Waals surface area contributed by atoms with Gasteiger partial charge in [0.2, 0.25) is 0 Å². The van der Waals surface area contributed by atoms with Crippen molar-refractivity contribution in [3.8, 4) is 0 Å². The Morgan fingerprint density at radius 3 is 2.67 bits per heavy atom. The van der Waals surface area contributed by atoms with E-state index in [1.54, 1.807) is 0 Å². The molecule has 1 aliphatic rings. The monoisotopic (exact) mass is 361 g/mol. The zero-order valence-electron chi connectivity index (χ0n) is 12.0. The molecule has 0 aromatic heterocycles. The van der Waals surface area contributed by atoms with Gasteiger partial charge >= 0.3 is 5.97 Å². The summed E-state index contributed by atoms with van der Waals surface area (Å²) in [5.74, 6) is -2.09. The Labute approximate surface area is 131 Å². The number of hydrogen-bond donors (Lipinski definition) is 1. The van der Waals surface area contributed by atoms with Crippen molar-refractivity contribution in [3.63, 3.8) is 0 Å². The number of likely N-dealkylation sites (tertiary alicyclic amines) is 1. The van der Waals surface area contributed by atoms with E-state index in [1.165, 1.54) is 12.1 Å². The van der Waals surface area contributed by atoms with Crippen LogP contribution in [0.15, 0.2) is 16.6 Å². The van der Waals surface area contributed by atoms with E-state index in [9.17, 15) is 18.7 Å². The molecule has 1 N–H and O–H groups in total. The number of nitrogens with zero attached hydrogens (tertiary/aromatic N) is 1. The van der Waals surface area contributed by atoms with Crippen LogP contribution in [0.25, 0.3) is 0 Å². The second-order valence-corrected chi connectivity index (χ2v) is 6.75. The summed E-state index contributed by atoms with van der Waals surface area (Å²) in [5, 5.41) is 9.49. The third kappa shape index (κ3) is 2.97. The lowest BCUT2D eigenvalue weighted by Gasteiger charge is -2.29. The molecule has 1 atom stereocenters. The van der Waals surface area contributed by atoms with Gasteiger partial charge in [0.15, 0.2) is 0 Å². The average molecular weight is 362 g/mol. The second kappa shape index (κ2) is 6.01. The van der Waals surface area contributed by atoms with Crippen molar-refractivity contribution in [2.45, 2.75) is 26.8 Å². The summed E-state index contributed by atoms with van der Waals surface area (Å²) in [5.41, 5.74) is -0.854. The highest BCUT2D eigenvalue weighted by Gasteiger charge is 2.47. The van der Waals surface area contributed by atoms with E-state index in [2.05, 4.69) is 15.9 Å². The summed E-state index contributed by atoms with van der Waals surface area (Å²) in [4.78, 5) is 13.4. The van der Waals surface area contributed by atoms with E-state index in [4.69, 9.17) is 0 Å². The van der Waals surface area contributed by atoms with Crippen LogP contribution in [0.3, 0.4) is 0 Å². The number of carbonyl (C=O) groups is 1. The lowest BCUT2D eigenvalue weighted by Crippen LogP contribution is -2.39. The molecule has 1 fully saturated rings. The van der Waals surface area contributed by atoms with Crippen LogP contribution >= 0.6 is 15.9 Å². The van der Waals surface area contributed by atoms with Crippen LogP contribution in [0, 0.1) is 23.0 Å². The maximum Gasteiger partial charge on any atom is 0.311 e. The third-order valence-electron chi connectivity index (χ3n) is 4.43. The zero-order chi connectivity index (χ0) is 15.8. The van der Waals surface area contributed by atoms with Gasteiger partial charge in [0, 0.05) is 18.7 Å². The average Bonchev–Trinajstić information content (AvgIpc) is 2.85. The number of benzene rings is 1. The van der Waals surface area contributed by atoms with Gasteiger partial charge in [0.25, 0.3) is 0 Å². The normalized spacial score (nSPS) is 23.0. The Morgan fingerprint density at radius 2 is 2.14 bits per heavy atom. The van der Waals surface area contributed by atoms with Crippen LogP contribution in [0.4, 0.5) is 8.78 Å². The largest absolute Gasteiger partial charge is 0.481 e. The molecule has 0 aliphatic carbocycles. The molecule has 116 valence electrons. The van der Waals surface area contributed by atoms with Crippen LogP contribution in [0.2, 0.25) is 0 Å². The molecule has 1 aliphatic heterocycles. The van der Waals surface area contributed by atoms with Gasteiger partial charge in [0.1, 0.15) is 11.6 Å². The van der Waals surface area contributed by atoms with Gasteiger partial charge in [-0.25, -0.2) is 8.78 Å². The van der Waals surface area contributed by atoms with Crippen molar-refractivity contribution in [1.82, 2.24) is 4.90 Å². The summed E-state index contributed by atoms with van der Waals surface area (Å²) < 4.78 is 28.0. The molecular formula is C15H18BrF2NO2. The maximum atomic E-state index is 14.0. The van der Waals surface area contributed by atoms with Crippen molar-refractivity contribution in [2.75, 3.05) is 13.1 Å². The molecule has 1 aromatic carbocycles. The Bertz CT molecular complexity index is 565. The van der Waals surface area contributed by atoms with Crippen molar-refractivity contribution in [3.05, 3.63) is 33.8 Å². The Balaban J connectivity index is 2.21. The Morgan fingerprint density at radius 1 is 1.48 bits per heavy atom. The van der Waals surface area contributed by atoms with Gasteiger partial charge in [-0.05, 0) is 46.9 Å². The molecule has 1 heterocycles. The van der Waals surface area contributed by atoms with Crippen LogP contribution in [-0.2, 0) is 11.3 Å². The smallest absolute Gasteiger partial charge is 0.311 e. The molecule has 1 aromatic rings. The van der Waals surface area contributed by atoms with Crippen molar-refractivity contribution in [2.24, 2.45) is 11.3 Å². The van der Waals surface area contributed by atoms with E-state index >= 15 is 0 Å². The van der Waals surface area contributed by atoms with Gasteiger partial charge in [0.05, 0.1) is 9.89 Å². The van der Waals surface area contributed by atoms with E-state index in [1.807, 2.05) is 18.7 Å². The van der Waals surface area contributed by atoms with E-state index in [0.717, 1.165) is 0 Å². The van der Waals surface area contributed by atoms with Crippen LogP contribution < -0.4 is 0 Å². The fourth-order valence-electron chi connectivity index (χ4n) is 2.88. The molecule has 0 spiro atoms. The minimum absolute atomic E-state index is 0.0191. The predicted octanol–water partition coefficient (Wildman–Crippen LogP) is 3.66. The van der Waals surface area contributed by atoms with E-state index < -0.39 is 23.0 Å². The fourth-order valence-corrected chi connectivity index (χ4v) is 3.25. The highest BCUT2D eigenvalue weighted by Crippen LogP contribution is 2.39. The van der Waals surface area contributed by atoms with Crippen molar-refractivity contribution >= 4 is 21.9 Å². The molecule has 0 amide bonds. The first-order valence-corrected chi connectivity index (χ1v) is 7.65. The molecule has 3 nitrogen and oxygen atoms in total. The minimum Gasteiger partial charge on any atom is -0.481 e. The standard InChI is InChI=1S/C15H18BrF2NO2/c1-9(2)15(14(20)21)5-6-19(8-15)7-10-12(17)4-3-11(16)13(10)18/h3-4,9H,5-8H2,1-2H3,(H,20,21). The van der Waals surface area contributed by atoms with Crippen molar-refractivity contribution in [1.29, 1.82) is 0 Å². The molecule has 6 heteroatoms. The number of rotatable bonds is 4. The summed E-state index contributed by atoms with van der Waals surface area (Å²) >= 11 is 3.04. The van der Waals surface area contributed by atoms with Gasteiger partial charge in [-0.2, -0.15) is 0 Å². The summed E-state index contributed by atoms with van der Waals surface area (Å²) in [7, 11) is 0. The first kappa shape index (κ1) is 16.4. The summed E-state index contributed by atoms with van der Waals surface area (Å²) in [6.07, 6.45) is 0.497. The predicted molar refractivity (Wildman–Crippen MR) is 78.9 cm³/mol. The van der Waals surface area contributed by atoms with Gasteiger partial charge < -0.3 is 5.11 Å². The first-order chi connectivity index (χ1) is 9.78. The maximum absolute atomic E-state index is 14.0. The van der Waals surface area contributed by atoms with Crippen LogP contribution in [0.1, 0.15) is 25.8 Å². The molecule has 21 heavy (non-hydrogen) atoms. The minimum atomic E-state index is -0.838. The number of halogens is 3. The third-order valence-corrected chi connectivity index (χ3v) is 5.04. The molecule has 1 saturated heterocycles. The second-order valence-electron chi connectivity index (χ2n) is 5.90. The SMILES string of the molecule is CC(C)C1(C(=O)O)CCN(Cc2c(F)ccc(Br)c2F)C1. The lowest BCUT2D eigenvalue weighted by molar-refractivity contribution is -0.151. The molecule has 0 bridgehead atoms. The Kier molecular flexibility index (Phi) is 4.68. The van der Waals surface area contributed by atoms with E-state index in [0.29, 0.717) is 19.5 Å². The van der Waals surface area contributed by atoms with Gasteiger partial charge in [-0.3, -0.25) is 9.69 Å². The highest BCUT2D eigenvalue weighted by molar-refractivity contribution is 9.10. The van der Waals surface area contributed by atoms with Gasteiger partial charge in [-0.1, -0.05) is 13.8 Å². The number of carboxylic acid groups (broad SMARTS) is 1. The molecule has 0 radical (unpaired) electrons. The van der Waals surface area contributed by atoms with Crippen molar-refractivity contribution < 1.29 is 18.7 Å². The topological polar surface area (TPSA) is 40.5 Å². The molecule has 1 unspecified atom stereocenters. The summed E-state index contributed by atoms with van der Waals surface area (Å²) in [6.45, 7) is 4.66. The zero-order valence-corrected chi connectivity index (χ0v) is 13.6. The molecule has 2 rings (SSSR count). The fraction of sp³-hybridized carbons (Fsp3) is 0.533. The molecule has 0 saturated carbocycles. The summed E-state index contributed by atoms with van der Waals surface area (Å²) in [6, 6.07) is 2.54. The van der Waals surface area contributed by atoms with Gasteiger partial charge in [-0.15, -0.1) is 0 Å².